The average Bonchev–Trinajstić information content (AvgIpc) is 2.32. The third kappa shape index (κ3) is 3.04. The van der Waals surface area contributed by atoms with E-state index in [1.165, 1.54) is 6.26 Å². The summed E-state index contributed by atoms with van der Waals surface area (Å²) in [5, 5.41) is 3.26. The van der Waals surface area contributed by atoms with Crippen molar-refractivity contribution >= 4 is 9.84 Å². The Kier molecular flexibility index (Phi) is 4.31. The van der Waals surface area contributed by atoms with Gasteiger partial charge in [0, 0.05) is 39.0 Å². The summed E-state index contributed by atoms with van der Waals surface area (Å²) in [4.78, 5) is 4.62. The fourth-order valence-electron chi connectivity index (χ4n) is 2.94. The van der Waals surface area contributed by atoms with Crippen molar-refractivity contribution in [3.63, 3.8) is 0 Å². The number of piperidine rings is 1. The van der Waals surface area contributed by atoms with Crippen molar-refractivity contribution in [1.82, 2.24) is 15.1 Å². The van der Waals surface area contributed by atoms with E-state index < -0.39 is 14.6 Å². The van der Waals surface area contributed by atoms with Gasteiger partial charge < -0.3 is 10.2 Å². The van der Waals surface area contributed by atoms with Gasteiger partial charge in [0.1, 0.15) is 0 Å². The highest BCUT2D eigenvalue weighted by Gasteiger charge is 2.43. The number of nitrogens with one attached hydrogen (secondary N) is 1. The maximum atomic E-state index is 12.2. The monoisotopic (exact) mass is 275 g/mol. The lowest BCUT2D eigenvalue weighted by atomic mass is 9.96. The minimum Gasteiger partial charge on any atom is -0.317 e. The van der Waals surface area contributed by atoms with Crippen LogP contribution in [0.1, 0.15) is 12.8 Å². The first-order valence-corrected chi connectivity index (χ1v) is 8.63. The summed E-state index contributed by atoms with van der Waals surface area (Å²) in [6, 6.07) is 0. The Balaban J connectivity index is 2.06. The van der Waals surface area contributed by atoms with Gasteiger partial charge in [-0.2, -0.15) is 0 Å². The van der Waals surface area contributed by atoms with Gasteiger partial charge in [0.05, 0.1) is 4.75 Å². The first kappa shape index (κ1) is 14.2. The predicted octanol–water partition coefficient (Wildman–Crippen LogP) is -0.599. The normalized spacial score (nSPS) is 27.2. The Morgan fingerprint density at radius 1 is 1.11 bits per heavy atom. The van der Waals surface area contributed by atoms with Gasteiger partial charge >= 0.3 is 0 Å². The Morgan fingerprint density at radius 2 is 1.67 bits per heavy atom. The van der Waals surface area contributed by atoms with Crippen molar-refractivity contribution in [2.75, 3.05) is 59.1 Å². The lowest BCUT2D eigenvalue weighted by molar-refractivity contribution is 0.133. The van der Waals surface area contributed by atoms with E-state index in [0.29, 0.717) is 6.54 Å². The van der Waals surface area contributed by atoms with Crippen LogP contribution < -0.4 is 5.32 Å². The summed E-state index contributed by atoms with van der Waals surface area (Å²) in [5.41, 5.74) is 0. The second-order valence-electron chi connectivity index (χ2n) is 5.78. The standard InChI is InChI=1S/C12H25N3O2S/c1-14-7-9-15(10-8-14)11-12(18(2,16)17)3-5-13-6-4-12/h13H,3-11H2,1-2H3. The largest absolute Gasteiger partial charge is 0.317 e. The highest BCUT2D eigenvalue weighted by atomic mass is 32.2. The number of hydrogen-bond acceptors (Lipinski definition) is 5. The van der Waals surface area contributed by atoms with Crippen LogP contribution >= 0.6 is 0 Å². The molecule has 18 heavy (non-hydrogen) atoms. The van der Waals surface area contributed by atoms with Gasteiger partial charge in [-0.25, -0.2) is 8.42 Å². The topological polar surface area (TPSA) is 52.7 Å². The molecule has 0 spiro atoms. The SMILES string of the molecule is CN1CCN(CC2(S(C)(=O)=O)CCNCC2)CC1. The van der Waals surface area contributed by atoms with E-state index in [4.69, 9.17) is 0 Å². The second-order valence-corrected chi connectivity index (χ2v) is 8.19. The third-order valence-corrected chi connectivity index (χ3v) is 6.52. The third-order valence-electron chi connectivity index (χ3n) is 4.41. The lowest BCUT2D eigenvalue weighted by Gasteiger charge is -2.42. The molecule has 0 saturated carbocycles. The minimum absolute atomic E-state index is 0.520. The van der Waals surface area contributed by atoms with E-state index in [2.05, 4.69) is 22.2 Å². The van der Waals surface area contributed by atoms with Crippen molar-refractivity contribution in [3.8, 4) is 0 Å². The molecule has 2 fully saturated rings. The molecule has 0 amide bonds. The Bertz CT molecular complexity index is 369. The summed E-state index contributed by atoms with van der Waals surface area (Å²) in [5.74, 6) is 0. The zero-order chi connectivity index (χ0) is 13.2. The van der Waals surface area contributed by atoms with Crippen LogP contribution in [-0.2, 0) is 9.84 Å². The fraction of sp³-hybridized carbons (Fsp3) is 1.00. The number of sulfone groups is 1. The van der Waals surface area contributed by atoms with E-state index in [1.807, 2.05) is 0 Å². The fourth-order valence-corrected chi connectivity index (χ4v) is 4.30. The van der Waals surface area contributed by atoms with E-state index >= 15 is 0 Å². The van der Waals surface area contributed by atoms with Gasteiger partial charge in [-0.15, -0.1) is 0 Å². The van der Waals surface area contributed by atoms with Gasteiger partial charge in [-0.05, 0) is 33.0 Å². The number of nitrogens with zero attached hydrogens (tertiary/aromatic N) is 2. The molecule has 2 aliphatic heterocycles. The van der Waals surface area contributed by atoms with Gasteiger partial charge in [0.2, 0.25) is 0 Å². The molecule has 0 atom stereocenters. The van der Waals surface area contributed by atoms with Crippen LogP contribution in [0.15, 0.2) is 0 Å². The molecule has 0 aromatic rings. The highest BCUT2D eigenvalue weighted by molar-refractivity contribution is 7.92. The molecule has 0 bridgehead atoms. The lowest BCUT2D eigenvalue weighted by Crippen LogP contribution is -2.57. The molecule has 2 saturated heterocycles. The van der Waals surface area contributed by atoms with Crippen LogP contribution in [0.5, 0.6) is 0 Å². The quantitative estimate of drug-likeness (QED) is 0.745. The van der Waals surface area contributed by atoms with Crippen molar-refractivity contribution in [2.24, 2.45) is 0 Å². The molecule has 0 radical (unpaired) electrons. The molecule has 0 unspecified atom stereocenters. The summed E-state index contributed by atoms with van der Waals surface area (Å²) < 4.78 is 23.8. The van der Waals surface area contributed by atoms with Gasteiger partial charge in [-0.1, -0.05) is 0 Å². The molecule has 2 rings (SSSR count). The molecule has 0 aromatic carbocycles. The first-order chi connectivity index (χ1) is 8.43. The van der Waals surface area contributed by atoms with Crippen LogP contribution in [0.3, 0.4) is 0 Å². The predicted molar refractivity (Wildman–Crippen MR) is 73.6 cm³/mol. The second kappa shape index (κ2) is 5.45. The maximum Gasteiger partial charge on any atom is 0.154 e. The summed E-state index contributed by atoms with van der Waals surface area (Å²) in [6.45, 7) is 6.40. The van der Waals surface area contributed by atoms with Crippen LogP contribution in [0, 0.1) is 0 Å². The number of rotatable bonds is 3. The van der Waals surface area contributed by atoms with Gasteiger partial charge in [0.25, 0.3) is 0 Å². The molecule has 106 valence electrons. The zero-order valence-electron chi connectivity index (χ0n) is 11.5. The van der Waals surface area contributed by atoms with E-state index in [0.717, 1.165) is 52.1 Å². The molecule has 2 aliphatic rings. The smallest absolute Gasteiger partial charge is 0.154 e. The van der Waals surface area contributed by atoms with E-state index in [1.54, 1.807) is 0 Å². The van der Waals surface area contributed by atoms with E-state index in [9.17, 15) is 8.42 Å². The van der Waals surface area contributed by atoms with Crippen LogP contribution in [0.4, 0.5) is 0 Å². The maximum absolute atomic E-state index is 12.2. The molecule has 0 aromatic heterocycles. The van der Waals surface area contributed by atoms with Crippen molar-refractivity contribution in [2.45, 2.75) is 17.6 Å². The zero-order valence-corrected chi connectivity index (χ0v) is 12.3. The average molecular weight is 275 g/mol. The molecule has 6 heteroatoms. The molecule has 1 N–H and O–H groups in total. The van der Waals surface area contributed by atoms with Crippen LogP contribution in [-0.4, -0.2) is 82.1 Å². The van der Waals surface area contributed by atoms with E-state index in [-0.39, 0.29) is 0 Å². The molecule has 0 aliphatic carbocycles. The van der Waals surface area contributed by atoms with Crippen molar-refractivity contribution in [3.05, 3.63) is 0 Å². The van der Waals surface area contributed by atoms with Gasteiger partial charge in [0.15, 0.2) is 9.84 Å². The highest BCUT2D eigenvalue weighted by Crippen LogP contribution is 2.29. The Hall–Kier alpha value is -0.170. The molecule has 2 heterocycles. The van der Waals surface area contributed by atoms with Gasteiger partial charge in [-0.3, -0.25) is 4.90 Å². The number of hydrogen-bond donors (Lipinski definition) is 1. The molecular formula is C12H25N3O2S. The first-order valence-electron chi connectivity index (χ1n) is 6.74. The molecule has 5 nitrogen and oxygen atoms in total. The Labute approximate surface area is 110 Å². The van der Waals surface area contributed by atoms with Crippen molar-refractivity contribution < 1.29 is 8.42 Å². The summed E-state index contributed by atoms with van der Waals surface area (Å²) >= 11 is 0. The van der Waals surface area contributed by atoms with Crippen molar-refractivity contribution in [1.29, 1.82) is 0 Å². The minimum atomic E-state index is -3.00. The summed E-state index contributed by atoms with van der Waals surface area (Å²) in [7, 11) is -0.876. The van der Waals surface area contributed by atoms with Crippen LogP contribution in [0.2, 0.25) is 0 Å². The molecular weight excluding hydrogens is 250 g/mol. The Morgan fingerprint density at radius 3 is 2.17 bits per heavy atom. The summed E-state index contributed by atoms with van der Waals surface area (Å²) in [6.07, 6.45) is 2.91. The number of likely N-dealkylation sites (N-methyl/N-ethyl adjacent to an activating group) is 1. The van der Waals surface area contributed by atoms with Crippen LogP contribution in [0.25, 0.3) is 0 Å². The number of piperazine rings is 1.